The van der Waals surface area contributed by atoms with Crippen molar-refractivity contribution in [1.82, 2.24) is 0 Å². The Morgan fingerprint density at radius 1 is 1.07 bits per heavy atom. The van der Waals surface area contributed by atoms with Gasteiger partial charge in [0.15, 0.2) is 0 Å². The van der Waals surface area contributed by atoms with E-state index in [4.69, 9.17) is 10.4 Å². The molecule has 0 amide bonds. The summed E-state index contributed by atoms with van der Waals surface area (Å²) in [5.41, 5.74) is 1.78. The number of hydrogen-bond acceptors (Lipinski definition) is 2. The summed E-state index contributed by atoms with van der Waals surface area (Å²) in [6.07, 6.45) is 7.40. The van der Waals surface area contributed by atoms with Crippen LogP contribution in [-0.4, -0.2) is 11.1 Å². The van der Waals surface area contributed by atoms with E-state index in [1.165, 1.54) is 37.3 Å². The molecule has 2 rings (SSSR count). The second kappa shape index (κ2) is 13.4. The summed E-state index contributed by atoms with van der Waals surface area (Å²) < 4.78 is 0. The van der Waals surface area contributed by atoms with E-state index >= 15 is 0 Å². The van der Waals surface area contributed by atoms with E-state index < -0.39 is 5.97 Å². The highest BCUT2D eigenvalue weighted by Gasteiger charge is 2.08. The van der Waals surface area contributed by atoms with E-state index in [1.807, 2.05) is 60.7 Å². The molecular weight excluding hydrogens is 334 g/mol. The van der Waals surface area contributed by atoms with Gasteiger partial charge in [-0.2, -0.15) is 5.26 Å². The SMILES string of the molecule is CCCCC(CC)Cc1ccc(C=C(C#N)C(=O)O)cc1.c1ccccc1. The van der Waals surface area contributed by atoms with Crippen LogP contribution in [0.25, 0.3) is 6.08 Å². The number of carboxylic acid groups (broad SMARTS) is 1. The molecular formula is C24H29NO2. The molecule has 0 bridgehead atoms. The molecule has 0 saturated carbocycles. The molecule has 142 valence electrons. The highest BCUT2D eigenvalue weighted by atomic mass is 16.4. The summed E-state index contributed by atoms with van der Waals surface area (Å²) >= 11 is 0. The first-order valence-corrected chi connectivity index (χ1v) is 9.54. The normalized spacial score (nSPS) is 11.7. The van der Waals surface area contributed by atoms with Crippen LogP contribution in [0.2, 0.25) is 0 Å². The number of aliphatic carboxylic acids is 1. The molecule has 2 aromatic carbocycles. The minimum Gasteiger partial charge on any atom is -0.477 e. The minimum atomic E-state index is -1.19. The molecule has 0 saturated heterocycles. The van der Waals surface area contributed by atoms with Crippen molar-refractivity contribution >= 4 is 12.0 Å². The zero-order valence-corrected chi connectivity index (χ0v) is 16.3. The van der Waals surface area contributed by atoms with E-state index in [-0.39, 0.29) is 5.57 Å². The number of carboxylic acids is 1. The van der Waals surface area contributed by atoms with Gasteiger partial charge in [0.05, 0.1) is 0 Å². The average molecular weight is 364 g/mol. The first-order valence-electron chi connectivity index (χ1n) is 9.54. The highest BCUT2D eigenvalue weighted by Crippen LogP contribution is 2.19. The van der Waals surface area contributed by atoms with Gasteiger partial charge in [0.1, 0.15) is 11.6 Å². The molecule has 1 N–H and O–H groups in total. The van der Waals surface area contributed by atoms with Crippen molar-refractivity contribution in [2.45, 2.75) is 46.0 Å². The number of nitriles is 1. The van der Waals surface area contributed by atoms with Crippen LogP contribution in [0.3, 0.4) is 0 Å². The van der Waals surface area contributed by atoms with Crippen LogP contribution in [0.1, 0.15) is 50.7 Å². The lowest BCUT2D eigenvalue weighted by molar-refractivity contribution is -0.132. The number of nitrogens with zero attached hydrogens (tertiary/aromatic N) is 1. The Hall–Kier alpha value is -2.86. The molecule has 3 nitrogen and oxygen atoms in total. The standard InChI is InChI=1S/C18H23NO2.C6H6/c1-3-5-6-14(4-2)11-15-7-9-16(10-8-15)12-17(13-19)18(20)21;1-2-4-6-5-3-1/h7-10,12,14H,3-6,11H2,1-2H3,(H,20,21);1-6H. The molecule has 27 heavy (non-hydrogen) atoms. The Bertz CT molecular complexity index is 701. The number of hydrogen-bond donors (Lipinski definition) is 1. The van der Waals surface area contributed by atoms with Gasteiger partial charge in [0, 0.05) is 0 Å². The van der Waals surface area contributed by atoms with Crippen LogP contribution in [-0.2, 0) is 11.2 Å². The first-order chi connectivity index (χ1) is 13.1. The Morgan fingerprint density at radius 3 is 2.04 bits per heavy atom. The van der Waals surface area contributed by atoms with Gasteiger partial charge in [-0.05, 0) is 29.5 Å². The van der Waals surface area contributed by atoms with Crippen molar-refractivity contribution < 1.29 is 9.90 Å². The molecule has 0 aliphatic carbocycles. The zero-order chi connectivity index (χ0) is 19.9. The largest absolute Gasteiger partial charge is 0.477 e. The Balaban J connectivity index is 0.000000511. The monoisotopic (exact) mass is 363 g/mol. The topological polar surface area (TPSA) is 61.1 Å². The van der Waals surface area contributed by atoms with Crippen LogP contribution in [0.4, 0.5) is 0 Å². The summed E-state index contributed by atoms with van der Waals surface area (Å²) in [5.74, 6) is -0.479. The molecule has 1 unspecified atom stereocenters. The number of rotatable bonds is 8. The lowest BCUT2D eigenvalue weighted by Gasteiger charge is -2.14. The van der Waals surface area contributed by atoms with Crippen LogP contribution >= 0.6 is 0 Å². The molecule has 0 fully saturated rings. The number of benzene rings is 2. The van der Waals surface area contributed by atoms with Crippen molar-refractivity contribution in [3.8, 4) is 6.07 Å². The summed E-state index contributed by atoms with van der Waals surface area (Å²) in [6, 6.07) is 21.5. The van der Waals surface area contributed by atoms with E-state index in [1.54, 1.807) is 6.07 Å². The van der Waals surface area contributed by atoms with Crippen molar-refractivity contribution in [1.29, 1.82) is 5.26 Å². The Labute approximate surface area is 163 Å². The predicted molar refractivity (Wildman–Crippen MR) is 111 cm³/mol. The molecule has 3 heteroatoms. The molecule has 0 aromatic heterocycles. The lowest BCUT2D eigenvalue weighted by Crippen LogP contribution is -2.03. The molecule has 0 aliphatic heterocycles. The fourth-order valence-electron chi connectivity index (χ4n) is 2.72. The minimum absolute atomic E-state index is 0.239. The van der Waals surface area contributed by atoms with Crippen LogP contribution in [0, 0.1) is 17.2 Å². The number of unbranched alkanes of at least 4 members (excludes halogenated alkanes) is 1. The third-order valence-electron chi connectivity index (χ3n) is 4.38. The van der Waals surface area contributed by atoms with Crippen LogP contribution in [0.15, 0.2) is 66.2 Å². The highest BCUT2D eigenvalue weighted by molar-refractivity contribution is 5.96. The van der Waals surface area contributed by atoms with Gasteiger partial charge in [0.2, 0.25) is 0 Å². The molecule has 0 spiro atoms. The van der Waals surface area contributed by atoms with Gasteiger partial charge in [0.25, 0.3) is 0 Å². The molecule has 1 atom stereocenters. The van der Waals surface area contributed by atoms with Gasteiger partial charge in [-0.15, -0.1) is 0 Å². The summed E-state index contributed by atoms with van der Waals surface area (Å²) in [6.45, 7) is 4.44. The lowest BCUT2D eigenvalue weighted by atomic mass is 9.91. The van der Waals surface area contributed by atoms with E-state index in [2.05, 4.69) is 13.8 Å². The van der Waals surface area contributed by atoms with Gasteiger partial charge in [-0.1, -0.05) is 100 Å². The maximum Gasteiger partial charge on any atom is 0.346 e. The third-order valence-corrected chi connectivity index (χ3v) is 4.38. The second-order valence-corrected chi connectivity index (χ2v) is 6.49. The summed E-state index contributed by atoms with van der Waals surface area (Å²) in [4.78, 5) is 10.8. The zero-order valence-electron chi connectivity index (χ0n) is 16.3. The van der Waals surface area contributed by atoms with Crippen LogP contribution in [0.5, 0.6) is 0 Å². The fraction of sp³-hybridized carbons (Fsp3) is 0.333. The fourth-order valence-corrected chi connectivity index (χ4v) is 2.72. The summed E-state index contributed by atoms with van der Waals surface area (Å²) in [5, 5.41) is 17.6. The quantitative estimate of drug-likeness (QED) is 0.454. The van der Waals surface area contributed by atoms with Crippen molar-refractivity contribution in [3.63, 3.8) is 0 Å². The Morgan fingerprint density at radius 2 is 1.63 bits per heavy atom. The number of carbonyl (C=O) groups is 1. The first kappa shape index (κ1) is 22.2. The van der Waals surface area contributed by atoms with Crippen molar-refractivity contribution in [3.05, 3.63) is 77.4 Å². The maximum absolute atomic E-state index is 10.8. The van der Waals surface area contributed by atoms with Gasteiger partial charge < -0.3 is 5.11 Å². The van der Waals surface area contributed by atoms with Gasteiger partial charge >= 0.3 is 5.97 Å². The molecule has 2 aromatic rings. The van der Waals surface area contributed by atoms with Crippen LogP contribution < -0.4 is 0 Å². The molecule has 0 radical (unpaired) electrons. The smallest absolute Gasteiger partial charge is 0.346 e. The third kappa shape index (κ3) is 9.42. The predicted octanol–water partition coefficient (Wildman–Crippen LogP) is 6.12. The van der Waals surface area contributed by atoms with E-state index in [0.717, 1.165) is 12.0 Å². The maximum atomic E-state index is 10.8. The van der Waals surface area contributed by atoms with Gasteiger partial charge in [-0.25, -0.2) is 4.79 Å². The van der Waals surface area contributed by atoms with Crippen molar-refractivity contribution in [2.24, 2.45) is 5.92 Å². The average Bonchev–Trinajstić information content (AvgIpc) is 2.71. The van der Waals surface area contributed by atoms with Gasteiger partial charge in [-0.3, -0.25) is 0 Å². The molecule has 0 aliphatic rings. The second-order valence-electron chi connectivity index (χ2n) is 6.49. The summed E-state index contributed by atoms with van der Waals surface area (Å²) in [7, 11) is 0. The van der Waals surface area contributed by atoms with Crippen molar-refractivity contribution in [2.75, 3.05) is 0 Å². The van der Waals surface area contributed by atoms with E-state index in [9.17, 15) is 4.79 Å². The van der Waals surface area contributed by atoms with E-state index in [0.29, 0.717) is 5.92 Å². The Kier molecular flexibility index (Phi) is 11.0. The molecule has 0 heterocycles.